The van der Waals surface area contributed by atoms with Crippen LogP contribution < -0.4 is 0 Å². The molecule has 1 atom stereocenters. The summed E-state index contributed by atoms with van der Waals surface area (Å²) in [6.07, 6.45) is 1.18. The fraction of sp³-hybridized carbons (Fsp3) is 0.875. The van der Waals surface area contributed by atoms with Crippen molar-refractivity contribution in [3.05, 3.63) is 0 Å². The molecule has 1 unspecified atom stereocenters. The minimum Gasteiger partial charge on any atom is -0.302 e. The molecule has 11 heavy (non-hydrogen) atoms. The molecule has 0 spiro atoms. The first kappa shape index (κ1) is 10.8. The first-order valence-electron chi connectivity index (χ1n) is 3.96. The van der Waals surface area contributed by atoms with Crippen molar-refractivity contribution < 1.29 is 0 Å². The Labute approximate surface area is 74.3 Å². The molecule has 0 fully saturated rings. The van der Waals surface area contributed by atoms with Gasteiger partial charge < -0.3 is 4.90 Å². The van der Waals surface area contributed by atoms with E-state index in [1.807, 2.05) is 0 Å². The Bertz CT molecular complexity index is 141. The lowest BCUT2D eigenvalue weighted by Crippen LogP contribution is -2.30. The Kier molecular flexibility index (Phi) is 6.33. The van der Waals surface area contributed by atoms with Gasteiger partial charge in [-0.05, 0) is 32.6 Å². The second-order valence-corrected chi connectivity index (χ2v) is 2.89. The molecular weight excluding hydrogens is 156 g/mol. The van der Waals surface area contributed by atoms with Gasteiger partial charge in [0.05, 0.1) is 11.7 Å². The van der Waals surface area contributed by atoms with E-state index in [1.54, 1.807) is 0 Å². The smallest absolute Gasteiger partial charge is 0.0620 e. The average molecular weight is 172 g/mol. The first-order chi connectivity index (χ1) is 5.22. The standard InChI is InChI=1S/C8H16N2S/c1-4-8(2)10(3)6-5-9-7-11/h8H,4-6H2,1-3H3. The minimum absolute atomic E-state index is 0.635. The van der Waals surface area contributed by atoms with Gasteiger partial charge in [-0.2, -0.15) is 0 Å². The van der Waals surface area contributed by atoms with Crippen LogP contribution in [0.2, 0.25) is 0 Å². The molecule has 0 bridgehead atoms. The summed E-state index contributed by atoms with van der Waals surface area (Å²) in [6.45, 7) is 6.13. The first-order valence-corrected chi connectivity index (χ1v) is 4.37. The van der Waals surface area contributed by atoms with Crippen LogP contribution in [0.3, 0.4) is 0 Å². The number of likely N-dealkylation sites (N-methyl/N-ethyl adjacent to an activating group) is 1. The Morgan fingerprint density at radius 1 is 1.64 bits per heavy atom. The van der Waals surface area contributed by atoms with Crippen LogP contribution in [-0.4, -0.2) is 36.2 Å². The number of hydrogen-bond donors (Lipinski definition) is 0. The van der Waals surface area contributed by atoms with Crippen molar-refractivity contribution in [2.45, 2.75) is 26.3 Å². The van der Waals surface area contributed by atoms with E-state index < -0.39 is 0 Å². The van der Waals surface area contributed by atoms with E-state index in [9.17, 15) is 0 Å². The molecule has 0 N–H and O–H groups in total. The fourth-order valence-corrected chi connectivity index (χ4v) is 0.877. The zero-order chi connectivity index (χ0) is 8.69. The average Bonchev–Trinajstić information content (AvgIpc) is 2.03. The van der Waals surface area contributed by atoms with E-state index in [0.717, 1.165) is 13.1 Å². The maximum Gasteiger partial charge on any atom is 0.0620 e. The van der Waals surface area contributed by atoms with E-state index >= 15 is 0 Å². The zero-order valence-corrected chi connectivity index (χ0v) is 8.32. The van der Waals surface area contributed by atoms with Crippen LogP contribution in [0.1, 0.15) is 20.3 Å². The highest BCUT2D eigenvalue weighted by Crippen LogP contribution is 1.98. The van der Waals surface area contributed by atoms with Crippen molar-refractivity contribution in [2.24, 2.45) is 4.99 Å². The van der Waals surface area contributed by atoms with Gasteiger partial charge in [0.25, 0.3) is 0 Å². The SMILES string of the molecule is CCC(C)N(C)CCN=C=S. The van der Waals surface area contributed by atoms with Crippen LogP contribution in [-0.2, 0) is 0 Å². The van der Waals surface area contributed by atoms with Crippen LogP contribution in [0.15, 0.2) is 4.99 Å². The third-order valence-corrected chi connectivity index (χ3v) is 2.10. The van der Waals surface area contributed by atoms with Gasteiger partial charge in [-0.1, -0.05) is 6.92 Å². The van der Waals surface area contributed by atoms with Gasteiger partial charge in [-0.15, -0.1) is 0 Å². The Morgan fingerprint density at radius 3 is 2.73 bits per heavy atom. The highest BCUT2D eigenvalue weighted by atomic mass is 32.1. The Morgan fingerprint density at radius 2 is 2.27 bits per heavy atom. The predicted molar refractivity (Wildman–Crippen MR) is 52.3 cm³/mol. The van der Waals surface area contributed by atoms with Crippen molar-refractivity contribution in [1.82, 2.24) is 4.90 Å². The summed E-state index contributed by atoms with van der Waals surface area (Å²) >= 11 is 4.46. The van der Waals surface area contributed by atoms with Gasteiger partial charge in [0.15, 0.2) is 0 Å². The third kappa shape index (κ3) is 5.08. The minimum atomic E-state index is 0.635. The molecule has 0 aromatic heterocycles. The summed E-state index contributed by atoms with van der Waals surface area (Å²) in [7, 11) is 2.10. The maximum atomic E-state index is 4.46. The van der Waals surface area contributed by atoms with Crippen LogP contribution in [0, 0.1) is 0 Å². The van der Waals surface area contributed by atoms with Crippen LogP contribution in [0.5, 0.6) is 0 Å². The molecule has 0 amide bonds. The van der Waals surface area contributed by atoms with E-state index in [1.165, 1.54) is 6.42 Å². The molecule has 0 aromatic rings. The monoisotopic (exact) mass is 172 g/mol. The maximum absolute atomic E-state index is 4.46. The molecule has 0 saturated heterocycles. The van der Waals surface area contributed by atoms with Crippen LogP contribution in [0.4, 0.5) is 0 Å². The molecule has 0 aliphatic carbocycles. The van der Waals surface area contributed by atoms with Gasteiger partial charge in [-0.3, -0.25) is 0 Å². The highest BCUT2D eigenvalue weighted by molar-refractivity contribution is 7.78. The van der Waals surface area contributed by atoms with Gasteiger partial charge in [-0.25, -0.2) is 4.99 Å². The van der Waals surface area contributed by atoms with E-state index in [0.29, 0.717) is 6.04 Å². The van der Waals surface area contributed by atoms with Gasteiger partial charge in [0.1, 0.15) is 0 Å². The molecule has 0 heterocycles. The molecule has 0 aliphatic heterocycles. The molecule has 64 valence electrons. The van der Waals surface area contributed by atoms with Crippen molar-refractivity contribution in [3.8, 4) is 0 Å². The van der Waals surface area contributed by atoms with Crippen molar-refractivity contribution in [2.75, 3.05) is 20.1 Å². The zero-order valence-electron chi connectivity index (χ0n) is 7.50. The van der Waals surface area contributed by atoms with Gasteiger partial charge >= 0.3 is 0 Å². The lowest BCUT2D eigenvalue weighted by molar-refractivity contribution is 0.259. The quantitative estimate of drug-likeness (QED) is 0.464. The summed E-state index contributed by atoms with van der Waals surface area (Å²) in [5.41, 5.74) is 0. The van der Waals surface area contributed by atoms with Gasteiger partial charge in [0, 0.05) is 12.6 Å². The second kappa shape index (κ2) is 6.47. The molecule has 3 heteroatoms. The molecule has 0 rings (SSSR count). The molecule has 0 saturated carbocycles. The summed E-state index contributed by atoms with van der Waals surface area (Å²) in [6, 6.07) is 0.635. The highest BCUT2D eigenvalue weighted by Gasteiger charge is 2.04. The van der Waals surface area contributed by atoms with Crippen molar-refractivity contribution in [1.29, 1.82) is 0 Å². The number of thiocarbonyl (C=S) groups is 1. The number of aliphatic imine (C=N–C) groups is 1. The molecular formula is C8H16N2S. The lowest BCUT2D eigenvalue weighted by Gasteiger charge is -2.21. The van der Waals surface area contributed by atoms with Crippen molar-refractivity contribution >= 4 is 17.4 Å². The normalized spacial score (nSPS) is 12.7. The van der Waals surface area contributed by atoms with Crippen LogP contribution >= 0.6 is 12.2 Å². The van der Waals surface area contributed by atoms with Crippen molar-refractivity contribution in [3.63, 3.8) is 0 Å². The molecule has 0 radical (unpaired) electrons. The number of hydrogen-bond acceptors (Lipinski definition) is 3. The fourth-order valence-electron chi connectivity index (χ4n) is 0.785. The molecule has 0 aromatic carbocycles. The number of nitrogens with zero attached hydrogens (tertiary/aromatic N) is 2. The summed E-state index contributed by atoms with van der Waals surface area (Å²) in [5.74, 6) is 0. The van der Waals surface area contributed by atoms with E-state index in [2.05, 4.69) is 48.2 Å². The molecule has 2 nitrogen and oxygen atoms in total. The summed E-state index contributed by atoms with van der Waals surface area (Å²) in [4.78, 5) is 6.13. The number of isothiocyanates is 1. The lowest BCUT2D eigenvalue weighted by atomic mass is 10.2. The van der Waals surface area contributed by atoms with Gasteiger partial charge in [0.2, 0.25) is 0 Å². The second-order valence-electron chi connectivity index (χ2n) is 2.71. The van der Waals surface area contributed by atoms with Crippen LogP contribution in [0.25, 0.3) is 0 Å². The summed E-state index contributed by atoms with van der Waals surface area (Å²) in [5, 5.41) is 2.36. The van der Waals surface area contributed by atoms with E-state index in [4.69, 9.17) is 0 Å². The molecule has 0 aliphatic rings. The predicted octanol–water partition coefficient (Wildman–Crippen LogP) is 1.82. The summed E-state index contributed by atoms with van der Waals surface area (Å²) < 4.78 is 0. The third-order valence-electron chi connectivity index (χ3n) is 1.97. The van der Waals surface area contributed by atoms with E-state index in [-0.39, 0.29) is 0 Å². The largest absolute Gasteiger partial charge is 0.302 e. The number of rotatable bonds is 5. The Hall–Kier alpha value is -0.240. The topological polar surface area (TPSA) is 15.6 Å². The Balaban J connectivity index is 3.50.